The maximum absolute atomic E-state index is 12.3. The zero-order valence-corrected chi connectivity index (χ0v) is 18.0. The number of piperazine rings is 1. The molecule has 2 heterocycles. The lowest BCUT2D eigenvalue weighted by atomic mass is 10.1. The van der Waals surface area contributed by atoms with Gasteiger partial charge in [0.25, 0.3) is 5.22 Å². The summed E-state index contributed by atoms with van der Waals surface area (Å²) in [5.41, 5.74) is 4.00. The van der Waals surface area contributed by atoms with Crippen molar-refractivity contribution < 1.29 is 9.21 Å². The number of rotatable bonds is 6. The summed E-state index contributed by atoms with van der Waals surface area (Å²) in [7, 11) is 2.14. The van der Waals surface area contributed by atoms with Crippen molar-refractivity contribution in [1.29, 1.82) is 0 Å². The Bertz CT molecular complexity index is 980. The third-order valence-electron chi connectivity index (χ3n) is 5.05. The van der Waals surface area contributed by atoms with Crippen molar-refractivity contribution in [3.05, 3.63) is 54.1 Å². The molecule has 8 heteroatoms. The van der Waals surface area contributed by atoms with E-state index in [0.29, 0.717) is 11.1 Å². The van der Waals surface area contributed by atoms with E-state index in [0.717, 1.165) is 37.4 Å². The molecule has 1 N–H and O–H groups in total. The minimum Gasteiger partial charge on any atom is -0.411 e. The van der Waals surface area contributed by atoms with Crippen LogP contribution in [0.15, 0.2) is 58.2 Å². The molecule has 0 bridgehead atoms. The normalized spacial score (nSPS) is 14.7. The van der Waals surface area contributed by atoms with Crippen molar-refractivity contribution in [2.45, 2.75) is 12.1 Å². The summed E-state index contributed by atoms with van der Waals surface area (Å²) in [6, 6.07) is 15.9. The topological polar surface area (TPSA) is 74.5 Å². The van der Waals surface area contributed by atoms with Crippen molar-refractivity contribution in [3.63, 3.8) is 0 Å². The average molecular weight is 424 g/mol. The van der Waals surface area contributed by atoms with Crippen LogP contribution in [-0.4, -0.2) is 60.0 Å². The van der Waals surface area contributed by atoms with Gasteiger partial charge in [-0.05, 0) is 50.4 Å². The van der Waals surface area contributed by atoms with E-state index in [2.05, 4.69) is 44.5 Å². The van der Waals surface area contributed by atoms with Crippen molar-refractivity contribution in [2.24, 2.45) is 0 Å². The molecule has 0 aliphatic carbocycles. The molecule has 1 aliphatic heterocycles. The number of likely N-dealkylation sites (N-methyl/N-ethyl adjacent to an activating group) is 1. The van der Waals surface area contributed by atoms with Gasteiger partial charge in [-0.25, -0.2) is 0 Å². The number of carbonyl (C=O) groups excluding carboxylic acids is 1. The van der Waals surface area contributed by atoms with Crippen molar-refractivity contribution in [3.8, 4) is 11.5 Å². The lowest BCUT2D eigenvalue weighted by Crippen LogP contribution is -2.44. The predicted molar refractivity (Wildman–Crippen MR) is 120 cm³/mol. The molecule has 30 heavy (non-hydrogen) atoms. The van der Waals surface area contributed by atoms with Gasteiger partial charge in [0.05, 0.1) is 5.75 Å². The average Bonchev–Trinajstić information content (AvgIpc) is 3.23. The molecule has 1 fully saturated rings. The van der Waals surface area contributed by atoms with Crippen LogP contribution in [0.2, 0.25) is 0 Å². The second-order valence-corrected chi connectivity index (χ2v) is 8.34. The number of hydrogen-bond acceptors (Lipinski definition) is 7. The Morgan fingerprint density at radius 3 is 2.43 bits per heavy atom. The quantitative estimate of drug-likeness (QED) is 0.608. The summed E-state index contributed by atoms with van der Waals surface area (Å²) >= 11 is 1.23. The monoisotopic (exact) mass is 423 g/mol. The molecule has 0 radical (unpaired) electrons. The number of nitrogens with zero attached hydrogens (tertiary/aromatic N) is 4. The second-order valence-electron chi connectivity index (χ2n) is 7.41. The third-order valence-corrected chi connectivity index (χ3v) is 5.87. The molecule has 1 amide bonds. The van der Waals surface area contributed by atoms with E-state index in [9.17, 15) is 4.79 Å². The van der Waals surface area contributed by atoms with E-state index in [-0.39, 0.29) is 11.7 Å². The molecule has 0 saturated carbocycles. The number of nitrogens with one attached hydrogen (secondary N) is 1. The molecular weight excluding hydrogens is 398 g/mol. The highest BCUT2D eigenvalue weighted by Crippen LogP contribution is 2.24. The maximum Gasteiger partial charge on any atom is 0.277 e. The molecule has 0 spiro atoms. The first-order valence-corrected chi connectivity index (χ1v) is 10.9. The summed E-state index contributed by atoms with van der Waals surface area (Å²) in [4.78, 5) is 17.0. The molecule has 156 valence electrons. The zero-order valence-electron chi connectivity index (χ0n) is 17.2. The fraction of sp³-hybridized carbons (Fsp3) is 0.318. The SMILES string of the molecule is Cc1ccc(-c2nnc(SCC(=O)Nc3ccc(N4CCN(C)CC4)cc3)o2)cc1. The van der Waals surface area contributed by atoms with Gasteiger partial charge in [-0.3, -0.25) is 4.79 Å². The zero-order chi connectivity index (χ0) is 20.9. The molecule has 1 aliphatic rings. The Labute approximate surface area is 180 Å². The Kier molecular flexibility index (Phi) is 6.35. The van der Waals surface area contributed by atoms with Gasteiger partial charge in [0.2, 0.25) is 11.8 Å². The number of carbonyl (C=O) groups is 1. The standard InChI is InChI=1S/C22H25N5O2S/c1-16-3-5-17(6-4-16)21-24-25-22(29-21)30-15-20(28)23-18-7-9-19(10-8-18)27-13-11-26(2)12-14-27/h3-10H,11-15H2,1-2H3,(H,23,28). The molecule has 1 aromatic heterocycles. The lowest BCUT2D eigenvalue weighted by Gasteiger charge is -2.34. The van der Waals surface area contributed by atoms with Gasteiger partial charge < -0.3 is 19.5 Å². The molecule has 1 saturated heterocycles. The number of amides is 1. The maximum atomic E-state index is 12.3. The third kappa shape index (κ3) is 5.20. The van der Waals surface area contributed by atoms with Crippen LogP contribution < -0.4 is 10.2 Å². The molecule has 3 aromatic rings. The first-order valence-electron chi connectivity index (χ1n) is 9.93. The number of anilines is 2. The summed E-state index contributed by atoms with van der Waals surface area (Å²) in [6.07, 6.45) is 0. The molecule has 7 nitrogen and oxygen atoms in total. The summed E-state index contributed by atoms with van der Waals surface area (Å²) in [5.74, 6) is 0.551. The first-order chi connectivity index (χ1) is 14.6. The van der Waals surface area contributed by atoms with E-state index < -0.39 is 0 Å². The Balaban J connectivity index is 1.27. The van der Waals surface area contributed by atoms with Gasteiger partial charge in [0, 0.05) is 43.1 Å². The fourth-order valence-corrected chi connectivity index (χ4v) is 3.79. The molecular formula is C22H25N5O2S. The van der Waals surface area contributed by atoms with Gasteiger partial charge in [-0.15, -0.1) is 10.2 Å². The number of aryl methyl sites for hydroxylation is 1. The van der Waals surface area contributed by atoms with E-state index in [4.69, 9.17) is 4.42 Å². The predicted octanol–water partition coefficient (Wildman–Crippen LogP) is 3.53. The summed E-state index contributed by atoms with van der Waals surface area (Å²) in [6.45, 7) is 6.20. The van der Waals surface area contributed by atoms with Crippen LogP contribution in [0.4, 0.5) is 11.4 Å². The van der Waals surface area contributed by atoms with Crippen molar-refractivity contribution in [2.75, 3.05) is 49.2 Å². The first kappa shape index (κ1) is 20.4. The summed E-state index contributed by atoms with van der Waals surface area (Å²) < 4.78 is 5.65. The van der Waals surface area contributed by atoms with Crippen LogP contribution in [0.1, 0.15) is 5.56 Å². The van der Waals surface area contributed by atoms with Crippen molar-refractivity contribution >= 4 is 29.0 Å². The van der Waals surface area contributed by atoms with Gasteiger partial charge >= 0.3 is 0 Å². The highest BCUT2D eigenvalue weighted by Gasteiger charge is 2.15. The number of aromatic nitrogens is 2. The largest absolute Gasteiger partial charge is 0.411 e. The lowest BCUT2D eigenvalue weighted by molar-refractivity contribution is -0.113. The molecule has 2 aromatic carbocycles. The van der Waals surface area contributed by atoms with Crippen LogP contribution in [-0.2, 0) is 4.79 Å². The van der Waals surface area contributed by atoms with E-state index in [1.54, 1.807) is 0 Å². The Hall–Kier alpha value is -2.84. The highest BCUT2D eigenvalue weighted by molar-refractivity contribution is 7.99. The number of benzene rings is 2. The van der Waals surface area contributed by atoms with Crippen LogP contribution in [0.3, 0.4) is 0 Å². The van der Waals surface area contributed by atoms with Gasteiger partial charge in [-0.2, -0.15) is 0 Å². The number of hydrogen-bond donors (Lipinski definition) is 1. The number of thioether (sulfide) groups is 1. The van der Waals surface area contributed by atoms with Gasteiger partial charge in [0.15, 0.2) is 0 Å². The van der Waals surface area contributed by atoms with Crippen LogP contribution in [0, 0.1) is 6.92 Å². The fourth-order valence-electron chi connectivity index (χ4n) is 3.23. The minimum absolute atomic E-state index is 0.109. The Morgan fingerprint density at radius 2 is 1.73 bits per heavy atom. The van der Waals surface area contributed by atoms with Crippen LogP contribution >= 0.6 is 11.8 Å². The molecule has 0 unspecified atom stereocenters. The Morgan fingerprint density at radius 1 is 1.03 bits per heavy atom. The van der Waals surface area contributed by atoms with E-state index in [1.807, 2.05) is 43.3 Å². The van der Waals surface area contributed by atoms with Crippen molar-refractivity contribution in [1.82, 2.24) is 15.1 Å². The summed E-state index contributed by atoms with van der Waals surface area (Å²) in [5, 5.41) is 11.4. The van der Waals surface area contributed by atoms with Gasteiger partial charge in [0.1, 0.15) is 0 Å². The van der Waals surface area contributed by atoms with Crippen LogP contribution in [0.25, 0.3) is 11.5 Å². The second kappa shape index (κ2) is 9.32. The smallest absolute Gasteiger partial charge is 0.277 e. The minimum atomic E-state index is -0.109. The molecule has 0 atom stereocenters. The highest BCUT2D eigenvalue weighted by atomic mass is 32.2. The molecule has 4 rings (SSSR count). The van der Waals surface area contributed by atoms with E-state index in [1.165, 1.54) is 23.0 Å². The van der Waals surface area contributed by atoms with Gasteiger partial charge in [-0.1, -0.05) is 29.5 Å². The van der Waals surface area contributed by atoms with E-state index >= 15 is 0 Å². The van der Waals surface area contributed by atoms with Crippen LogP contribution in [0.5, 0.6) is 0 Å².